The Kier molecular flexibility index (Phi) is 2.55. The number of rotatable bonds is 1. The Morgan fingerprint density at radius 1 is 1.05 bits per heavy atom. The van der Waals surface area contributed by atoms with Crippen molar-refractivity contribution >= 4 is 23.3 Å². The Morgan fingerprint density at radius 3 is 2.52 bits per heavy atom. The fourth-order valence-electron chi connectivity index (χ4n) is 4.25. The van der Waals surface area contributed by atoms with Crippen molar-refractivity contribution in [2.45, 2.75) is 19.3 Å². The van der Waals surface area contributed by atoms with Crippen LogP contribution in [0.4, 0.5) is 10.1 Å². The van der Waals surface area contributed by atoms with E-state index in [-0.39, 0.29) is 35.1 Å². The van der Waals surface area contributed by atoms with Crippen molar-refractivity contribution in [3.05, 3.63) is 30.1 Å². The Labute approximate surface area is 120 Å². The molecule has 1 aliphatic heterocycles. The highest BCUT2D eigenvalue weighted by molar-refractivity contribution is 6.23. The summed E-state index contributed by atoms with van der Waals surface area (Å²) in [7, 11) is 0. The molecule has 108 valence electrons. The van der Waals surface area contributed by atoms with E-state index in [9.17, 15) is 18.8 Å². The number of nitrogens with zero attached hydrogens (tertiary/aromatic N) is 1. The van der Waals surface area contributed by atoms with Crippen LogP contribution in [0.5, 0.6) is 0 Å². The summed E-state index contributed by atoms with van der Waals surface area (Å²) >= 11 is 0. The quantitative estimate of drug-likeness (QED) is 0.742. The van der Waals surface area contributed by atoms with Gasteiger partial charge in [-0.3, -0.25) is 14.4 Å². The molecule has 0 radical (unpaired) electrons. The predicted molar refractivity (Wildman–Crippen MR) is 71.7 cm³/mol. The van der Waals surface area contributed by atoms with E-state index < -0.39 is 17.7 Å². The van der Waals surface area contributed by atoms with E-state index >= 15 is 0 Å². The molecular weight excluding hydrogens is 273 g/mol. The minimum atomic E-state index is -0.527. The zero-order chi connectivity index (χ0) is 14.7. The average Bonchev–Trinajstić information content (AvgIpc) is 2.73. The lowest BCUT2D eigenvalue weighted by Gasteiger charge is -2.41. The molecule has 3 saturated carbocycles. The first-order chi connectivity index (χ1) is 10.1. The molecular formula is C16H14FNO3. The maximum atomic E-state index is 13.4. The third-order valence-electron chi connectivity index (χ3n) is 5.13. The summed E-state index contributed by atoms with van der Waals surface area (Å²) in [5, 5.41) is 0. The largest absolute Gasteiger partial charge is 0.299 e. The number of amides is 2. The van der Waals surface area contributed by atoms with Crippen molar-refractivity contribution < 1.29 is 18.8 Å². The molecule has 4 nitrogen and oxygen atoms in total. The van der Waals surface area contributed by atoms with Crippen LogP contribution >= 0.6 is 0 Å². The number of fused-ring (bicyclic) bond motifs is 2. The zero-order valence-corrected chi connectivity index (χ0v) is 11.3. The molecule has 1 saturated heterocycles. The summed E-state index contributed by atoms with van der Waals surface area (Å²) in [6, 6.07) is 5.50. The number of carbonyl (C=O) groups is 3. The summed E-state index contributed by atoms with van der Waals surface area (Å²) in [5.74, 6) is -2.25. The lowest BCUT2D eigenvalue weighted by Crippen LogP contribution is -2.46. The van der Waals surface area contributed by atoms with Crippen molar-refractivity contribution in [2.75, 3.05) is 4.90 Å². The molecule has 2 bridgehead atoms. The van der Waals surface area contributed by atoms with Gasteiger partial charge >= 0.3 is 0 Å². The number of hydrogen-bond donors (Lipinski definition) is 0. The average molecular weight is 287 g/mol. The minimum absolute atomic E-state index is 0.0255. The van der Waals surface area contributed by atoms with Crippen LogP contribution in [0.3, 0.4) is 0 Å². The van der Waals surface area contributed by atoms with Crippen LogP contribution in [0.25, 0.3) is 0 Å². The fraction of sp³-hybridized carbons (Fsp3) is 0.438. The second-order valence-corrected chi connectivity index (χ2v) is 6.16. The van der Waals surface area contributed by atoms with E-state index in [4.69, 9.17) is 0 Å². The number of benzene rings is 1. The summed E-state index contributed by atoms with van der Waals surface area (Å²) in [6.45, 7) is 0. The van der Waals surface area contributed by atoms with Gasteiger partial charge in [-0.1, -0.05) is 6.07 Å². The van der Waals surface area contributed by atoms with Gasteiger partial charge in [0.2, 0.25) is 11.8 Å². The maximum Gasteiger partial charge on any atom is 0.238 e. The van der Waals surface area contributed by atoms with Gasteiger partial charge < -0.3 is 0 Å². The second kappa shape index (κ2) is 4.23. The van der Waals surface area contributed by atoms with Gasteiger partial charge in [0.15, 0.2) is 0 Å². The molecule has 1 aromatic carbocycles. The highest BCUT2D eigenvalue weighted by atomic mass is 19.1. The van der Waals surface area contributed by atoms with Crippen LogP contribution < -0.4 is 4.90 Å². The Hall–Kier alpha value is -2.04. The number of carbonyl (C=O) groups excluding carboxylic acids is 3. The summed E-state index contributed by atoms with van der Waals surface area (Å²) < 4.78 is 13.4. The van der Waals surface area contributed by atoms with Crippen molar-refractivity contribution in [3.8, 4) is 0 Å². The number of imide groups is 1. The van der Waals surface area contributed by atoms with Crippen molar-refractivity contribution in [2.24, 2.45) is 23.7 Å². The first-order valence-corrected chi connectivity index (χ1v) is 7.24. The third-order valence-corrected chi connectivity index (χ3v) is 5.13. The molecule has 0 spiro atoms. The smallest absolute Gasteiger partial charge is 0.238 e. The first-order valence-electron chi connectivity index (χ1n) is 7.24. The lowest BCUT2D eigenvalue weighted by atomic mass is 9.59. The van der Waals surface area contributed by atoms with Crippen LogP contribution in [-0.4, -0.2) is 17.6 Å². The van der Waals surface area contributed by atoms with E-state index in [0.717, 1.165) is 11.3 Å². The highest BCUT2D eigenvalue weighted by Crippen LogP contribution is 2.52. The van der Waals surface area contributed by atoms with Gasteiger partial charge in [0, 0.05) is 12.3 Å². The summed E-state index contributed by atoms with van der Waals surface area (Å²) in [5.41, 5.74) is 0.270. The van der Waals surface area contributed by atoms with Gasteiger partial charge in [0.25, 0.3) is 0 Å². The molecule has 0 unspecified atom stereocenters. The van der Waals surface area contributed by atoms with Gasteiger partial charge in [-0.25, -0.2) is 9.29 Å². The van der Waals surface area contributed by atoms with Crippen molar-refractivity contribution in [1.82, 2.24) is 0 Å². The van der Waals surface area contributed by atoms with Crippen LogP contribution in [0.1, 0.15) is 19.3 Å². The molecule has 1 heterocycles. The SMILES string of the molecule is O=C1C[C@@H]2CC[C@H]1[C@@H]1C(=O)N(c3cccc(F)c3)C(=O)[C@H]21. The van der Waals surface area contributed by atoms with Gasteiger partial charge in [0.1, 0.15) is 11.6 Å². The molecule has 0 aromatic heterocycles. The number of anilines is 1. The Balaban J connectivity index is 1.77. The first kappa shape index (κ1) is 12.7. The molecule has 3 aliphatic carbocycles. The zero-order valence-electron chi connectivity index (χ0n) is 11.3. The van der Waals surface area contributed by atoms with E-state index in [2.05, 4.69) is 0 Å². The van der Waals surface area contributed by atoms with E-state index in [0.29, 0.717) is 12.8 Å². The highest BCUT2D eigenvalue weighted by Gasteiger charge is 2.60. The normalized spacial score (nSPS) is 34.5. The number of halogens is 1. The molecule has 2 amide bonds. The van der Waals surface area contributed by atoms with Crippen LogP contribution in [0, 0.1) is 29.5 Å². The van der Waals surface area contributed by atoms with Crippen molar-refractivity contribution in [3.63, 3.8) is 0 Å². The topological polar surface area (TPSA) is 54.5 Å². The van der Waals surface area contributed by atoms with E-state index in [1.54, 1.807) is 6.07 Å². The molecule has 0 N–H and O–H groups in total. The van der Waals surface area contributed by atoms with E-state index in [1.807, 2.05) is 0 Å². The monoisotopic (exact) mass is 287 g/mol. The number of hydrogen-bond acceptors (Lipinski definition) is 3. The van der Waals surface area contributed by atoms with Crippen LogP contribution in [0.2, 0.25) is 0 Å². The molecule has 4 aliphatic rings. The number of ketones is 1. The van der Waals surface area contributed by atoms with Crippen molar-refractivity contribution in [1.29, 1.82) is 0 Å². The van der Waals surface area contributed by atoms with E-state index in [1.165, 1.54) is 18.2 Å². The predicted octanol–water partition coefficient (Wildman–Crippen LogP) is 1.93. The fourth-order valence-corrected chi connectivity index (χ4v) is 4.25. The van der Waals surface area contributed by atoms with Gasteiger partial charge in [0.05, 0.1) is 17.5 Å². The summed E-state index contributed by atoms with van der Waals surface area (Å²) in [6.07, 6.45) is 1.93. The summed E-state index contributed by atoms with van der Waals surface area (Å²) in [4.78, 5) is 38.3. The molecule has 4 fully saturated rings. The Morgan fingerprint density at radius 2 is 1.81 bits per heavy atom. The molecule has 5 heteroatoms. The lowest BCUT2D eigenvalue weighted by molar-refractivity contribution is -0.143. The molecule has 21 heavy (non-hydrogen) atoms. The standard InChI is InChI=1S/C16H14FNO3/c17-9-2-1-3-10(7-9)18-15(20)13-8-4-5-11(12(19)6-8)14(13)16(18)21/h1-3,7-8,11,13-14H,4-6H2/t8-,11+,13+,14-/m0/s1. The Bertz CT molecular complexity index is 671. The number of Topliss-reactive ketones (excluding diaryl/α,β-unsaturated/α-hetero) is 1. The van der Waals surface area contributed by atoms with Crippen LogP contribution in [-0.2, 0) is 14.4 Å². The molecule has 1 aromatic rings. The van der Waals surface area contributed by atoms with Crippen LogP contribution in [0.15, 0.2) is 24.3 Å². The van der Waals surface area contributed by atoms with Gasteiger partial charge in [-0.05, 0) is 37.0 Å². The molecule has 5 rings (SSSR count). The third kappa shape index (κ3) is 1.63. The second-order valence-electron chi connectivity index (χ2n) is 6.16. The van der Waals surface area contributed by atoms with Gasteiger partial charge in [-0.15, -0.1) is 0 Å². The minimum Gasteiger partial charge on any atom is -0.299 e. The molecule has 4 atom stereocenters. The van der Waals surface area contributed by atoms with Gasteiger partial charge in [-0.2, -0.15) is 0 Å². The maximum absolute atomic E-state index is 13.4.